The Labute approximate surface area is 753 Å². The van der Waals surface area contributed by atoms with Crippen molar-refractivity contribution in [1.82, 2.24) is 87.2 Å². The number of aromatic nitrogens is 18. The van der Waals surface area contributed by atoms with Crippen molar-refractivity contribution >= 4 is 89.7 Å². The lowest BCUT2D eigenvalue weighted by Gasteiger charge is -2.23. The van der Waals surface area contributed by atoms with E-state index in [-0.39, 0.29) is 68.2 Å². The molecule has 139 heavy (non-hydrogen) atoms. The second kappa shape index (κ2) is 38.6. The molecule has 18 heterocycles. The number of anilines is 4. The van der Waals surface area contributed by atoms with E-state index in [9.17, 15) is 138 Å². The molecule has 6 fully saturated rings. The van der Waals surface area contributed by atoms with Gasteiger partial charge in [-0.25, -0.2) is 90.6 Å². The van der Waals surface area contributed by atoms with Crippen LogP contribution < -0.4 is 50.9 Å². The molecule has 12 aromatic rings. The molecular formula is C68H64F12N36O23. The zero-order valence-corrected chi connectivity index (χ0v) is 68.6. The van der Waals surface area contributed by atoms with Gasteiger partial charge in [0.25, 0.3) is 22.2 Å². The maximum Gasteiger partial charge on any atom is 0.390 e. The van der Waals surface area contributed by atoms with Crippen molar-refractivity contribution < 1.29 is 142 Å². The lowest BCUT2D eigenvalue weighted by molar-refractivity contribution is -0.122. The fraction of sp³-hybridized carbons (Fsp3) is 0.441. The summed E-state index contributed by atoms with van der Waals surface area (Å²) in [4.78, 5) is 110. The van der Waals surface area contributed by atoms with Gasteiger partial charge < -0.3 is 113 Å². The third-order valence-electron chi connectivity index (χ3n) is 22.1. The highest BCUT2D eigenvalue weighted by Crippen LogP contribution is 2.49. The van der Waals surface area contributed by atoms with Crippen LogP contribution >= 0.6 is 0 Å². The molecule has 12 aromatic heterocycles. The maximum absolute atomic E-state index is 14.5. The summed E-state index contributed by atoms with van der Waals surface area (Å²) in [5.41, 5.74) is 36.9. The van der Waals surface area contributed by atoms with Gasteiger partial charge in [0, 0.05) is 56.8 Å². The molecule has 6 saturated heterocycles. The van der Waals surface area contributed by atoms with E-state index in [2.05, 4.69) is 110 Å². The largest absolute Gasteiger partial charge is 0.393 e. The van der Waals surface area contributed by atoms with Gasteiger partial charge >= 0.3 is 17.1 Å². The number of nitrogens with one attached hydrogen (secondary N) is 5. The fourth-order valence-corrected chi connectivity index (χ4v) is 15.3. The molecule has 0 amide bonds. The number of halogens is 12. The van der Waals surface area contributed by atoms with Crippen molar-refractivity contribution in [3.63, 3.8) is 0 Å². The Morgan fingerprint density at radius 1 is 0.367 bits per heavy atom. The number of ether oxygens (including phenoxy) is 6. The second-order valence-electron chi connectivity index (χ2n) is 30.0. The predicted molar refractivity (Wildman–Crippen MR) is 432 cm³/mol. The topological polar surface area (TPSA) is 890 Å². The molecule has 0 saturated carbocycles. The number of hydrogen-bond acceptors (Lipinski definition) is 38. The maximum atomic E-state index is 14.5. The van der Waals surface area contributed by atoms with E-state index in [4.69, 9.17) is 86.6 Å². The average Bonchev–Trinajstić information content (AvgIpc) is 1.61. The van der Waals surface area contributed by atoms with Gasteiger partial charge in [-0.1, -0.05) is 20.5 Å². The van der Waals surface area contributed by atoms with Crippen LogP contribution in [0.25, 0.3) is 118 Å². The highest BCUT2D eigenvalue weighted by molar-refractivity contribution is 5.88. The number of rotatable bonds is 16. The summed E-state index contributed by atoms with van der Waals surface area (Å²) in [6.07, 6.45) is -27.0. The lowest BCUT2D eigenvalue weighted by atomic mass is 10.1. The monoisotopic (exact) mass is 1980 g/mol. The van der Waals surface area contributed by atoms with Crippen LogP contribution in [0.2, 0.25) is 0 Å². The van der Waals surface area contributed by atoms with Crippen molar-refractivity contribution in [3.05, 3.63) is 208 Å². The lowest BCUT2D eigenvalue weighted by Crippen LogP contribution is -2.43. The minimum absolute atomic E-state index is 0.0653. The first-order valence-electron chi connectivity index (χ1n) is 38.5. The number of aliphatic hydroxyl groups is 12. The van der Waals surface area contributed by atoms with E-state index in [0.29, 0.717) is 0 Å². The van der Waals surface area contributed by atoms with Gasteiger partial charge in [-0.15, -0.1) is 0 Å². The predicted octanol–water partition coefficient (Wildman–Crippen LogP) is -1.20. The molecule has 0 bridgehead atoms. The Balaban J connectivity index is 0.000000141. The molecule has 24 atom stereocenters. The Kier molecular flexibility index (Phi) is 28.1. The van der Waals surface area contributed by atoms with Crippen LogP contribution in [0.15, 0.2) is 101 Å². The van der Waals surface area contributed by atoms with E-state index in [1.807, 2.05) is 0 Å². The van der Waals surface area contributed by atoms with E-state index in [1.54, 1.807) is 0 Å². The van der Waals surface area contributed by atoms with Gasteiger partial charge in [-0.3, -0.25) is 80.7 Å². The summed E-state index contributed by atoms with van der Waals surface area (Å²) in [7, 11) is 0. The van der Waals surface area contributed by atoms with Crippen molar-refractivity contribution in [2.75, 3.05) is 62.6 Å². The smallest absolute Gasteiger partial charge is 0.390 e. The van der Waals surface area contributed by atoms with E-state index >= 15 is 0 Å². The third-order valence-corrected chi connectivity index (χ3v) is 22.1. The van der Waals surface area contributed by atoms with Crippen LogP contribution in [-0.2, 0) is 28.4 Å². The first-order valence-corrected chi connectivity index (χ1v) is 38.5. The number of azide groups is 4. The first kappa shape index (κ1) is 101. The van der Waals surface area contributed by atoms with Gasteiger partial charge in [0.1, 0.15) is 63.9 Å². The van der Waals surface area contributed by atoms with Crippen LogP contribution in [0, 0.1) is 48.0 Å². The average molecular weight is 1980 g/mol. The van der Waals surface area contributed by atoms with Crippen LogP contribution in [0.4, 0.5) is 76.2 Å². The van der Waals surface area contributed by atoms with Crippen molar-refractivity contribution in [2.45, 2.75) is 145 Å². The zero-order valence-electron chi connectivity index (χ0n) is 68.6. The zero-order chi connectivity index (χ0) is 102. The molecule has 6 aliphatic rings. The summed E-state index contributed by atoms with van der Waals surface area (Å²) in [6.45, 7) is 8.07. The molecule has 18 rings (SSSR count). The van der Waals surface area contributed by atoms with Crippen LogP contribution in [0.5, 0.6) is 0 Å². The number of nitrogen functional groups attached to an aromatic ring is 4. The number of aromatic amines is 5. The Morgan fingerprint density at radius 3 is 0.921 bits per heavy atom. The Bertz CT molecular complexity index is 7340. The molecule has 0 aromatic carbocycles. The third kappa shape index (κ3) is 16.9. The van der Waals surface area contributed by atoms with Crippen molar-refractivity contribution in [3.8, 4) is 0 Å². The summed E-state index contributed by atoms with van der Waals surface area (Å²) >= 11 is 0. The number of alkyl halides is 6. The standard InChI is InChI=1S/C12H11F2N5O4.C12H10F2N4O4.2C11H11F2N7O4.C11H11F2N7O3.C11H10F2N6O4/c1-16-12(3-20)7(21)6(14)10(23-12)19-2-4(13)5-8(19)17-11(15)18-9(5)22;1-15-12(3-19)8(20)7(14)11(22-12)18-2-5(13)6-9(18)16-4-17-10(6)21;12-3-1-20(7-4(3)8(23)17-10(14)16-7)9-5(13)6(22)11(2-21,24-9)18-19-15;12-3-1-20(8-4(3)7(14)16-10(23)17-8)9-5(13)6(22)11(2-21,24-9)18-19-15;12-4-1-20(9-5(4)8(14)16-3-17-9)10-6(13)7(22)11(2-21,23-10)18-19-15;12-4-1-19(8-5(4)9(22)16-3-15-8)10-6(13)7(21)11(2-20,23-10)17-18-14/h2,6-7,10,20-21H,3H2,(H3,15,17,18,22);2,4,7-8,11,19-20H,3H2,(H,16,17,21);2*1,5-6,9,21-22H,2H2,(H3,14,16,17,23);1,3,6-7,10,21-22H,2H2,(H2,14,16,17);1,3,6-7,10,20-21H,2H2,(H,15,16,22). The van der Waals surface area contributed by atoms with Gasteiger partial charge in [0.15, 0.2) is 169 Å². The van der Waals surface area contributed by atoms with Crippen molar-refractivity contribution in [2.24, 2.45) is 20.5 Å². The van der Waals surface area contributed by atoms with Crippen LogP contribution in [-0.4, -0.2) is 296 Å². The van der Waals surface area contributed by atoms with Crippen LogP contribution in [0.1, 0.15) is 37.4 Å². The quantitative estimate of drug-likeness (QED) is 0.0178. The van der Waals surface area contributed by atoms with Crippen molar-refractivity contribution in [1.29, 1.82) is 0 Å². The SMILES string of the molecule is [C-]#[N+]C1(CO)OC(n2cc(F)c3c(=O)[nH]c(N)nc32)C(F)C1O.[C-]#[N+]C1(CO)OC(n2cc(F)c3c(=O)[nH]cnc32)C(F)C1O.[N-]=[N+]=NC1(CO)OC(n2cc(F)c3c(=O)[nH]c(N)nc32)C(F)C1O.[N-]=[N+]=NC1(CO)OC(n2cc(F)c3c(=O)[nH]cnc32)C(F)C1O.[N-]=[N+]=NC1(CO)OC(n2cc(F)c3c(N)[nH]c(=O)nc32)C(F)C1O.[N-]=[N+]=NC1(CO)OC(n2cc(F)c3c(N)ncnc32)C(F)C1O. The van der Waals surface area contributed by atoms with Gasteiger partial charge in [-0.05, 0) is 22.1 Å². The normalized spacial score (nSPS) is 30.4. The molecule has 738 valence electrons. The van der Waals surface area contributed by atoms with E-state index < -0.39 is 269 Å². The highest BCUT2D eigenvalue weighted by Gasteiger charge is 2.65. The van der Waals surface area contributed by atoms with E-state index in [1.165, 1.54) is 0 Å². The molecule has 24 unspecified atom stereocenters. The molecule has 6 aliphatic heterocycles. The molecule has 59 nitrogen and oxygen atoms in total. The number of fused-ring (bicyclic) bond motifs is 6. The number of hydrogen-bond donors (Lipinski definition) is 21. The molecule has 25 N–H and O–H groups in total. The minimum atomic E-state index is -2.29. The molecular weight excluding hydrogens is 1920 g/mol. The summed E-state index contributed by atoms with van der Waals surface area (Å²) in [5, 5.41) is 125. The number of nitrogens with two attached hydrogens (primary N) is 4. The van der Waals surface area contributed by atoms with Crippen LogP contribution in [0.3, 0.4) is 0 Å². The minimum Gasteiger partial charge on any atom is -0.393 e. The number of nitrogens with zero attached hydrogens (tertiary/aromatic N) is 27. The summed E-state index contributed by atoms with van der Waals surface area (Å²) in [5.74, 6) is -6.79. The molecule has 0 radical (unpaired) electrons. The number of H-pyrrole nitrogens is 5. The highest BCUT2D eigenvalue weighted by atomic mass is 19.2. The molecule has 0 aliphatic carbocycles. The number of aliphatic hydroxyl groups excluding tert-OH is 12. The van der Waals surface area contributed by atoms with Gasteiger partial charge in [-0.2, -0.15) is 15.0 Å². The summed E-state index contributed by atoms with van der Waals surface area (Å²) in [6, 6.07) is 0. The summed E-state index contributed by atoms with van der Waals surface area (Å²) < 4.78 is 206. The second-order valence-corrected chi connectivity index (χ2v) is 30.0. The molecule has 0 spiro atoms. The fourth-order valence-electron chi connectivity index (χ4n) is 15.3. The van der Waals surface area contributed by atoms with E-state index in [0.717, 1.165) is 83.6 Å². The Hall–Kier alpha value is -15.4. The van der Waals surface area contributed by atoms with Gasteiger partial charge in [0.05, 0.1) is 49.9 Å². The first-order chi connectivity index (χ1) is 65.9. The molecule has 71 heteroatoms. The van der Waals surface area contributed by atoms with Gasteiger partial charge in [0.2, 0.25) is 34.8 Å². The Morgan fingerprint density at radius 2 is 0.633 bits per heavy atom.